The molecule has 0 saturated heterocycles. The molecule has 8 heteroatoms. The summed E-state index contributed by atoms with van der Waals surface area (Å²) in [6, 6.07) is 0. The second-order valence-corrected chi connectivity index (χ2v) is 6.38. The number of ether oxygens (including phenoxy) is 1. The fraction of sp³-hybridized carbons (Fsp3) is 0.900. The van der Waals surface area contributed by atoms with Gasteiger partial charge in [-0.15, -0.1) is 11.6 Å². The summed E-state index contributed by atoms with van der Waals surface area (Å²) in [6.45, 7) is 0.239. The van der Waals surface area contributed by atoms with Crippen LogP contribution in [0.25, 0.3) is 0 Å². The SMILES string of the molecule is COC(=O)NS(=O)(=O)NCC1(CCl)CCCCC1. The first-order valence-electron chi connectivity index (χ1n) is 5.84. The second-order valence-electron chi connectivity index (χ2n) is 4.61. The van der Waals surface area contributed by atoms with Gasteiger partial charge in [0, 0.05) is 12.4 Å². The van der Waals surface area contributed by atoms with Gasteiger partial charge in [0.15, 0.2) is 0 Å². The number of alkyl halides is 1. The molecule has 1 fully saturated rings. The van der Waals surface area contributed by atoms with E-state index in [0.717, 1.165) is 39.2 Å². The van der Waals surface area contributed by atoms with Crippen LogP contribution in [-0.2, 0) is 14.9 Å². The highest BCUT2D eigenvalue weighted by Gasteiger charge is 2.32. The number of hydrogen-bond acceptors (Lipinski definition) is 4. The minimum absolute atomic E-state index is 0.204. The lowest BCUT2D eigenvalue weighted by atomic mass is 9.76. The van der Waals surface area contributed by atoms with Gasteiger partial charge in [0.05, 0.1) is 7.11 Å². The second kappa shape index (κ2) is 6.58. The van der Waals surface area contributed by atoms with E-state index < -0.39 is 16.3 Å². The molecule has 0 bridgehead atoms. The monoisotopic (exact) mass is 298 g/mol. The summed E-state index contributed by atoms with van der Waals surface area (Å²) in [7, 11) is -2.77. The molecule has 0 radical (unpaired) electrons. The molecule has 1 aliphatic carbocycles. The van der Waals surface area contributed by atoms with E-state index in [1.807, 2.05) is 0 Å². The molecule has 0 atom stereocenters. The number of nitrogens with one attached hydrogen (secondary N) is 2. The quantitative estimate of drug-likeness (QED) is 0.751. The van der Waals surface area contributed by atoms with Gasteiger partial charge in [0.25, 0.3) is 0 Å². The van der Waals surface area contributed by atoms with Crippen LogP contribution in [0.15, 0.2) is 0 Å². The lowest BCUT2D eigenvalue weighted by Crippen LogP contribution is -2.46. The van der Waals surface area contributed by atoms with Gasteiger partial charge in [-0.25, -0.2) is 9.52 Å². The van der Waals surface area contributed by atoms with E-state index in [4.69, 9.17) is 11.6 Å². The van der Waals surface area contributed by atoms with Crippen LogP contribution < -0.4 is 9.44 Å². The van der Waals surface area contributed by atoms with Gasteiger partial charge >= 0.3 is 16.3 Å². The summed E-state index contributed by atoms with van der Waals surface area (Å²) < 4.78 is 31.4. The van der Waals surface area contributed by atoms with Crippen LogP contribution in [0.4, 0.5) is 4.79 Å². The van der Waals surface area contributed by atoms with E-state index in [2.05, 4.69) is 9.46 Å². The first-order valence-corrected chi connectivity index (χ1v) is 7.86. The third-order valence-electron chi connectivity index (χ3n) is 3.24. The molecule has 0 unspecified atom stereocenters. The lowest BCUT2D eigenvalue weighted by Gasteiger charge is -2.35. The number of methoxy groups -OCH3 is 1. The molecule has 0 aromatic carbocycles. The highest BCUT2D eigenvalue weighted by Crippen LogP contribution is 2.36. The molecular formula is C10H19ClN2O4S. The average Bonchev–Trinajstić information content (AvgIpc) is 2.37. The lowest BCUT2D eigenvalue weighted by molar-refractivity contribution is 0.177. The highest BCUT2D eigenvalue weighted by molar-refractivity contribution is 7.88. The van der Waals surface area contributed by atoms with Gasteiger partial charge < -0.3 is 4.74 Å². The molecule has 1 aliphatic rings. The molecule has 1 saturated carbocycles. The number of halogens is 1. The molecule has 0 aliphatic heterocycles. The Labute approximate surface area is 113 Å². The fourth-order valence-electron chi connectivity index (χ4n) is 2.09. The third-order valence-corrected chi connectivity index (χ3v) is 4.76. The Morgan fingerprint density at radius 3 is 2.44 bits per heavy atom. The van der Waals surface area contributed by atoms with Crippen molar-refractivity contribution in [3.63, 3.8) is 0 Å². The van der Waals surface area contributed by atoms with Crippen LogP contribution in [0.3, 0.4) is 0 Å². The number of carbonyl (C=O) groups is 1. The van der Waals surface area contributed by atoms with E-state index in [9.17, 15) is 13.2 Å². The van der Waals surface area contributed by atoms with E-state index in [1.54, 1.807) is 4.72 Å². The van der Waals surface area contributed by atoms with Gasteiger partial charge in [-0.2, -0.15) is 13.1 Å². The summed E-state index contributed by atoms with van der Waals surface area (Å²) >= 11 is 5.95. The fourth-order valence-corrected chi connectivity index (χ4v) is 3.33. The van der Waals surface area contributed by atoms with Crippen molar-refractivity contribution in [1.82, 2.24) is 9.44 Å². The first kappa shape index (κ1) is 15.5. The summed E-state index contributed by atoms with van der Waals surface area (Å²) in [6.07, 6.45) is 4.06. The molecule has 18 heavy (non-hydrogen) atoms. The van der Waals surface area contributed by atoms with E-state index in [0.29, 0.717) is 5.88 Å². The van der Waals surface area contributed by atoms with Gasteiger partial charge in [0.2, 0.25) is 0 Å². The van der Waals surface area contributed by atoms with Crippen LogP contribution in [0.2, 0.25) is 0 Å². The predicted molar refractivity (Wildman–Crippen MR) is 68.7 cm³/mol. The van der Waals surface area contributed by atoms with Gasteiger partial charge in [-0.05, 0) is 18.3 Å². The largest absolute Gasteiger partial charge is 0.452 e. The molecule has 6 nitrogen and oxygen atoms in total. The van der Waals surface area contributed by atoms with Crippen molar-refractivity contribution in [3.05, 3.63) is 0 Å². The summed E-state index contributed by atoms with van der Waals surface area (Å²) in [4.78, 5) is 10.8. The van der Waals surface area contributed by atoms with Crippen LogP contribution >= 0.6 is 11.6 Å². The maximum atomic E-state index is 11.5. The van der Waals surface area contributed by atoms with Crippen LogP contribution in [0, 0.1) is 5.41 Å². The van der Waals surface area contributed by atoms with Crippen molar-refractivity contribution in [2.24, 2.45) is 5.41 Å². The number of amides is 1. The van der Waals surface area contributed by atoms with Crippen LogP contribution in [0.5, 0.6) is 0 Å². The van der Waals surface area contributed by atoms with Gasteiger partial charge in [-0.3, -0.25) is 0 Å². The number of carbonyl (C=O) groups excluding carboxylic acids is 1. The van der Waals surface area contributed by atoms with Crippen LogP contribution in [-0.4, -0.2) is 34.0 Å². The molecule has 1 rings (SSSR count). The zero-order chi connectivity index (χ0) is 13.6. The smallest absolute Gasteiger partial charge is 0.421 e. The zero-order valence-corrected chi connectivity index (χ0v) is 11.9. The molecular weight excluding hydrogens is 280 g/mol. The molecule has 106 valence electrons. The van der Waals surface area contributed by atoms with Crippen molar-refractivity contribution in [3.8, 4) is 0 Å². The topological polar surface area (TPSA) is 84.5 Å². The Hall–Kier alpha value is -0.530. The Kier molecular flexibility index (Phi) is 5.68. The number of rotatable bonds is 5. The van der Waals surface area contributed by atoms with Crippen molar-refractivity contribution in [1.29, 1.82) is 0 Å². The molecule has 2 N–H and O–H groups in total. The Morgan fingerprint density at radius 2 is 1.94 bits per heavy atom. The van der Waals surface area contributed by atoms with E-state index in [1.165, 1.54) is 0 Å². The van der Waals surface area contributed by atoms with Gasteiger partial charge in [0.1, 0.15) is 0 Å². The molecule has 0 spiro atoms. The zero-order valence-electron chi connectivity index (χ0n) is 10.4. The maximum absolute atomic E-state index is 11.5. The molecule has 0 aromatic rings. The van der Waals surface area contributed by atoms with Crippen molar-refractivity contribution in [2.45, 2.75) is 32.1 Å². The molecule has 1 amide bonds. The Morgan fingerprint density at radius 1 is 1.33 bits per heavy atom. The summed E-state index contributed by atoms with van der Waals surface area (Å²) in [5, 5.41) is 0. The van der Waals surface area contributed by atoms with Crippen molar-refractivity contribution < 1.29 is 17.9 Å². The van der Waals surface area contributed by atoms with Gasteiger partial charge in [-0.1, -0.05) is 19.3 Å². The van der Waals surface area contributed by atoms with Crippen molar-refractivity contribution in [2.75, 3.05) is 19.5 Å². The Balaban J connectivity index is 2.54. The minimum Gasteiger partial charge on any atom is -0.452 e. The predicted octanol–water partition coefficient (Wildman–Crippen LogP) is 1.37. The Bertz CT molecular complexity index is 379. The van der Waals surface area contributed by atoms with E-state index >= 15 is 0 Å². The van der Waals surface area contributed by atoms with E-state index in [-0.39, 0.29) is 12.0 Å². The minimum atomic E-state index is -3.87. The molecule has 0 heterocycles. The first-order chi connectivity index (χ1) is 8.43. The maximum Gasteiger partial charge on any atom is 0.421 e. The average molecular weight is 299 g/mol. The number of hydrogen-bond donors (Lipinski definition) is 2. The van der Waals surface area contributed by atoms with Crippen molar-refractivity contribution >= 4 is 27.9 Å². The standard InChI is InChI=1S/C10H19ClN2O4S/c1-17-9(14)13-18(15,16)12-8-10(7-11)5-3-2-4-6-10/h12H,2-8H2,1H3,(H,13,14). The summed E-state index contributed by atoms with van der Waals surface area (Å²) in [5.74, 6) is 0.410. The van der Waals surface area contributed by atoms with Crippen LogP contribution in [0.1, 0.15) is 32.1 Å². The highest BCUT2D eigenvalue weighted by atomic mass is 35.5. The molecule has 0 aromatic heterocycles. The third kappa shape index (κ3) is 4.62. The summed E-state index contributed by atoms with van der Waals surface area (Å²) in [5.41, 5.74) is -0.204. The normalized spacial score (nSPS) is 19.2.